The van der Waals surface area contributed by atoms with E-state index in [0.29, 0.717) is 19.1 Å². The Bertz CT molecular complexity index is 507. The summed E-state index contributed by atoms with van der Waals surface area (Å²) in [6.45, 7) is 0.894. The fraction of sp³-hybridized carbons (Fsp3) is 0.727. The molecule has 0 saturated heterocycles. The minimum absolute atomic E-state index is 0.185. The Labute approximate surface area is 107 Å². The molecule has 1 fully saturated rings. The van der Waals surface area contributed by atoms with Crippen LogP contribution in [-0.2, 0) is 16.4 Å². The zero-order valence-corrected chi connectivity index (χ0v) is 11.5. The van der Waals surface area contributed by atoms with Gasteiger partial charge in [-0.3, -0.25) is 4.68 Å². The van der Waals surface area contributed by atoms with Gasteiger partial charge in [-0.05, 0) is 19.9 Å². The standard InChI is InChI=1S/C11H19N3O3S/c1-13(9-3-4-9)6-10(15)7-14-8-11(5-12-14)18(2,16)17/h5,8-10,15H,3-4,6-7H2,1-2H3. The molecule has 0 bridgehead atoms. The van der Waals surface area contributed by atoms with Gasteiger partial charge in [-0.2, -0.15) is 5.10 Å². The molecule has 1 unspecified atom stereocenters. The van der Waals surface area contributed by atoms with Gasteiger partial charge >= 0.3 is 0 Å². The first-order valence-electron chi connectivity index (χ1n) is 5.97. The first-order valence-corrected chi connectivity index (χ1v) is 7.86. The molecule has 7 heteroatoms. The molecule has 1 aromatic heterocycles. The van der Waals surface area contributed by atoms with Crippen molar-refractivity contribution in [2.75, 3.05) is 19.8 Å². The summed E-state index contributed by atoms with van der Waals surface area (Å²) in [4.78, 5) is 2.32. The molecule has 102 valence electrons. The van der Waals surface area contributed by atoms with Gasteiger partial charge in [0.2, 0.25) is 0 Å². The number of nitrogens with zero attached hydrogens (tertiary/aromatic N) is 3. The third kappa shape index (κ3) is 3.54. The Hall–Kier alpha value is -0.920. The van der Waals surface area contributed by atoms with Crippen LogP contribution in [0.3, 0.4) is 0 Å². The van der Waals surface area contributed by atoms with Crippen molar-refractivity contribution in [3.8, 4) is 0 Å². The van der Waals surface area contributed by atoms with Crippen molar-refractivity contribution >= 4 is 9.84 Å². The van der Waals surface area contributed by atoms with Gasteiger partial charge in [0.05, 0.1) is 18.8 Å². The molecular weight excluding hydrogens is 254 g/mol. The van der Waals surface area contributed by atoms with E-state index < -0.39 is 15.9 Å². The van der Waals surface area contributed by atoms with Crippen LogP contribution in [0.4, 0.5) is 0 Å². The summed E-state index contributed by atoms with van der Waals surface area (Å²) >= 11 is 0. The molecule has 1 N–H and O–H groups in total. The van der Waals surface area contributed by atoms with Crippen molar-refractivity contribution in [1.29, 1.82) is 0 Å². The highest BCUT2D eigenvalue weighted by Crippen LogP contribution is 2.25. The van der Waals surface area contributed by atoms with E-state index in [2.05, 4.69) is 10.00 Å². The highest BCUT2D eigenvalue weighted by Gasteiger charge is 2.27. The normalized spacial score (nSPS) is 18.2. The second kappa shape index (κ2) is 4.99. The molecule has 0 aromatic carbocycles. The van der Waals surface area contributed by atoms with Crippen LogP contribution in [0.5, 0.6) is 0 Å². The zero-order chi connectivity index (χ0) is 13.3. The number of rotatable bonds is 6. The van der Waals surface area contributed by atoms with Crippen molar-refractivity contribution in [3.63, 3.8) is 0 Å². The molecule has 0 amide bonds. The molecule has 1 saturated carbocycles. The maximum absolute atomic E-state index is 11.3. The van der Waals surface area contributed by atoms with Gasteiger partial charge in [-0.15, -0.1) is 0 Å². The number of aliphatic hydroxyl groups is 1. The predicted molar refractivity (Wildman–Crippen MR) is 67.0 cm³/mol. The number of likely N-dealkylation sites (N-methyl/N-ethyl adjacent to an activating group) is 1. The minimum atomic E-state index is -3.22. The van der Waals surface area contributed by atoms with Gasteiger partial charge < -0.3 is 10.0 Å². The van der Waals surface area contributed by atoms with Crippen molar-refractivity contribution in [2.24, 2.45) is 0 Å². The quantitative estimate of drug-likeness (QED) is 0.773. The first kappa shape index (κ1) is 13.5. The lowest BCUT2D eigenvalue weighted by Gasteiger charge is -2.19. The average molecular weight is 273 g/mol. The molecule has 6 nitrogen and oxygen atoms in total. The number of hydrogen-bond donors (Lipinski definition) is 1. The number of sulfone groups is 1. The maximum atomic E-state index is 11.3. The highest BCUT2D eigenvalue weighted by atomic mass is 32.2. The first-order chi connectivity index (χ1) is 8.36. The average Bonchev–Trinajstić information content (AvgIpc) is 2.98. The third-order valence-corrected chi connectivity index (χ3v) is 4.17. The maximum Gasteiger partial charge on any atom is 0.178 e. The van der Waals surface area contributed by atoms with Crippen LogP contribution in [0.25, 0.3) is 0 Å². The molecule has 0 radical (unpaired) electrons. The molecular formula is C11H19N3O3S. The van der Waals surface area contributed by atoms with Gasteiger partial charge in [-0.1, -0.05) is 0 Å². The third-order valence-electron chi connectivity index (χ3n) is 3.10. The SMILES string of the molecule is CN(CC(O)Cn1cc(S(C)(=O)=O)cn1)C1CC1. The van der Waals surface area contributed by atoms with Crippen LogP contribution < -0.4 is 0 Å². The zero-order valence-electron chi connectivity index (χ0n) is 10.7. The van der Waals surface area contributed by atoms with Gasteiger partial charge in [0.15, 0.2) is 9.84 Å². The fourth-order valence-electron chi connectivity index (χ4n) is 1.91. The molecule has 18 heavy (non-hydrogen) atoms. The van der Waals surface area contributed by atoms with Gasteiger partial charge in [-0.25, -0.2) is 8.42 Å². The highest BCUT2D eigenvalue weighted by molar-refractivity contribution is 7.90. The number of hydrogen-bond acceptors (Lipinski definition) is 5. The number of aromatic nitrogens is 2. The van der Waals surface area contributed by atoms with E-state index in [9.17, 15) is 13.5 Å². The summed E-state index contributed by atoms with van der Waals surface area (Å²) in [5.41, 5.74) is 0. The van der Waals surface area contributed by atoms with E-state index in [1.54, 1.807) is 0 Å². The van der Waals surface area contributed by atoms with Gasteiger partial charge in [0.1, 0.15) is 4.90 Å². The molecule has 1 aliphatic carbocycles. The van der Waals surface area contributed by atoms with Crippen LogP contribution in [0, 0.1) is 0 Å². The molecule has 0 aliphatic heterocycles. The monoisotopic (exact) mass is 273 g/mol. The van der Waals surface area contributed by atoms with E-state index in [1.807, 2.05) is 7.05 Å². The van der Waals surface area contributed by atoms with Crippen LogP contribution >= 0.6 is 0 Å². The Balaban J connectivity index is 1.90. The Kier molecular flexibility index (Phi) is 3.74. The Morgan fingerprint density at radius 2 is 2.28 bits per heavy atom. The van der Waals surface area contributed by atoms with E-state index in [0.717, 1.165) is 6.26 Å². The molecule has 1 aliphatic rings. The second-order valence-corrected chi connectivity index (χ2v) is 7.01. The fourth-order valence-corrected chi connectivity index (χ4v) is 2.46. The van der Waals surface area contributed by atoms with E-state index >= 15 is 0 Å². The van der Waals surface area contributed by atoms with E-state index in [-0.39, 0.29) is 4.90 Å². The van der Waals surface area contributed by atoms with Crippen molar-refractivity contribution < 1.29 is 13.5 Å². The molecule has 2 rings (SSSR count). The lowest BCUT2D eigenvalue weighted by molar-refractivity contribution is 0.103. The topological polar surface area (TPSA) is 75.4 Å². The van der Waals surface area contributed by atoms with Crippen molar-refractivity contribution in [3.05, 3.63) is 12.4 Å². The summed E-state index contributed by atoms with van der Waals surface area (Å²) < 4.78 is 24.0. The molecule has 0 spiro atoms. The van der Waals surface area contributed by atoms with E-state index in [4.69, 9.17) is 0 Å². The van der Waals surface area contributed by atoms with E-state index in [1.165, 1.54) is 29.9 Å². The lowest BCUT2D eigenvalue weighted by atomic mass is 10.3. The lowest BCUT2D eigenvalue weighted by Crippen LogP contribution is -2.33. The second-order valence-electron chi connectivity index (χ2n) is 4.99. The number of aliphatic hydroxyl groups excluding tert-OH is 1. The largest absolute Gasteiger partial charge is 0.390 e. The van der Waals surface area contributed by atoms with Crippen LogP contribution in [0.2, 0.25) is 0 Å². The van der Waals surface area contributed by atoms with Crippen LogP contribution in [0.1, 0.15) is 12.8 Å². The Morgan fingerprint density at radius 1 is 1.61 bits per heavy atom. The molecule has 1 atom stereocenters. The molecule has 1 heterocycles. The van der Waals surface area contributed by atoms with Gasteiger partial charge in [0, 0.05) is 25.0 Å². The smallest absolute Gasteiger partial charge is 0.178 e. The van der Waals surface area contributed by atoms with Crippen molar-refractivity contribution in [1.82, 2.24) is 14.7 Å². The van der Waals surface area contributed by atoms with Crippen LogP contribution in [-0.4, -0.2) is 60.2 Å². The minimum Gasteiger partial charge on any atom is -0.390 e. The summed E-state index contributed by atoms with van der Waals surface area (Å²) in [7, 11) is -1.23. The summed E-state index contributed by atoms with van der Waals surface area (Å²) in [6.07, 6.45) is 5.77. The molecule has 1 aromatic rings. The predicted octanol–water partition coefficient (Wildman–Crippen LogP) is -0.258. The van der Waals surface area contributed by atoms with Gasteiger partial charge in [0.25, 0.3) is 0 Å². The Morgan fingerprint density at radius 3 is 2.78 bits per heavy atom. The van der Waals surface area contributed by atoms with Crippen molar-refractivity contribution in [2.45, 2.75) is 36.4 Å². The summed E-state index contributed by atoms with van der Waals surface area (Å²) in [6, 6.07) is 0.601. The van der Waals surface area contributed by atoms with Crippen LogP contribution in [0.15, 0.2) is 17.3 Å². The summed E-state index contributed by atoms with van der Waals surface area (Å²) in [5, 5.41) is 13.9. The summed E-state index contributed by atoms with van der Waals surface area (Å²) in [5.74, 6) is 0.